The number of ether oxygens (including phenoxy) is 1. The maximum Gasteiger partial charge on any atom is 0.325 e. The fourth-order valence-electron chi connectivity index (χ4n) is 4.13. The Hall–Kier alpha value is -4.34. The van der Waals surface area contributed by atoms with Crippen molar-refractivity contribution in [3.63, 3.8) is 0 Å². The summed E-state index contributed by atoms with van der Waals surface area (Å²) < 4.78 is 5.31. The molecular formula is C24H25N5O5. The molecule has 10 heteroatoms. The summed E-state index contributed by atoms with van der Waals surface area (Å²) in [4.78, 5) is 53.3. The van der Waals surface area contributed by atoms with Crippen molar-refractivity contribution in [2.45, 2.75) is 25.6 Å². The van der Waals surface area contributed by atoms with Crippen molar-refractivity contribution >= 4 is 35.1 Å². The number of likely N-dealkylation sites (N-methyl/N-ethyl adjacent to an activating group) is 1. The van der Waals surface area contributed by atoms with Gasteiger partial charge in [0.05, 0.1) is 31.0 Å². The van der Waals surface area contributed by atoms with Crippen LogP contribution in [0.25, 0.3) is 0 Å². The molecule has 1 fully saturated rings. The Bertz CT molecular complexity index is 1180. The first-order valence-corrected chi connectivity index (χ1v) is 10.6. The number of hydrogen-bond acceptors (Lipinski definition) is 6. The van der Waals surface area contributed by atoms with E-state index in [1.54, 1.807) is 36.3 Å². The Morgan fingerprint density at radius 3 is 2.50 bits per heavy atom. The van der Waals surface area contributed by atoms with Gasteiger partial charge in [0.25, 0.3) is 11.8 Å². The van der Waals surface area contributed by atoms with Gasteiger partial charge in [-0.05, 0) is 23.8 Å². The number of amides is 5. The van der Waals surface area contributed by atoms with Crippen molar-refractivity contribution in [3.8, 4) is 5.75 Å². The minimum absolute atomic E-state index is 0.136. The highest BCUT2D eigenvalue weighted by atomic mass is 16.5. The molecule has 2 heterocycles. The maximum absolute atomic E-state index is 13.2. The van der Waals surface area contributed by atoms with Gasteiger partial charge in [0.15, 0.2) is 0 Å². The first-order valence-electron chi connectivity index (χ1n) is 10.6. The lowest BCUT2D eigenvalue weighted by Crippen LogP contribution is -2.64. The number of hydrogen-bond donors (Lipinski definition) is 3. The lowest BCUT2D eigenvalue weighted by molar-refractivity contribution is -0.135. The zero-order chi connectivity index (χ0) is 24.4. The van der Waals surface area contributed by atoms with Crippen molar-refractivity contribution in [2.75, 3.05) is 24.8 Å². The molecule has 3 N–H and O–H groups in total. The SMILES string of the molecule is COc1ccc(NC(C)=O)cc1NC(=O)C1=CN(C)C2C(=O)N(Cc3ccccc3)C(=O)NC12. The largest absolute Gasteiger partial charge is 0.495 e. The van der Waals surface area contributed by atoms with E-state index in [-0.39, 0.29) is 23.9 Å². The molecule has 0 aliphatic carbocycles. The van der Waals surface area contributed by atoms with E-state index < -0.39 is 24.0 Å². The number of carbonyl (C=O) groups is 4. The van der Waals surface area contributed by atoms with Gasteiger partial charge in [0, 0.05) is 25.9 Å². The molecule has 0 radical (unpaired) electrons. The Morgan fingerprint density at radius 1 is 1.09 bits per heavy atom. The number of urea groups is 1. The fraction of sp³-hybridized carbons (Fsp3) is 0.250. The zero-order valence-electron chi connectivity index (χ0n) is 19.0. The molecule has 1 saturated heterocycles. The van der Waals surface area contributed by atoms with Gasteiger partial charge in [-0.15, -0.1) is 0 Å². The molecule has 2 aromatic carbocycles. The monoisotopic (exact) mass is 463 g/mol. The van der Waals surface area contributed by atoms with Gasteiger partial charge in [-0.25, -0.2) is 4.79 Å². The summed E-state index contributed by atoms with van der Waals surface area (Å²) in [5.74, 6) is -0.746. The number of anilines is 2. The summed E-state index contributed by atoms with van der Waals surface area (Å²) in [5, 5.41) is 8.22. The number of nitrogens with one attached hydrogen (secondary N) is 3. The summed E-state index contributed by atoms with van der Waals surface area (Å²) in [5.41, 5.74) is 1.88. The lowest BCUT2D eigenvalue weighted by atomic mass is 9.99. The average Bonchev–Trinajstić information content (AvgIpc) is 3.13. The van der Waals surface area contributed by atoms with E-state index in [0.29, 0.717) is 17.1 Å². The number of nitrogens with zero attached hydrogens (tertiary/aromatic N) is 2. The normalized spacial score (nSPS) is 19.2. The van der Waals surface area contributed by atoms with Gasteiger partial charge < -0.3 is 25.6 Å². The van der Waals surface area contributed by atoms with Crippen LogP contribution in [0, 0.1) is 0 Å². The van der Waals surface area contributed by atoms with E-state index in [1.165, 1.54) is 14.0 Å². The summed E-state index contributed by atoms with van der Waals surface area (Å²) in [6.45, 7) is 1.52. The van der Waals surface area contributed by atoms with Crippen LogP contribution in [0.15, 0.2) is 60.3 Å². The molecule has 5 amide bonds. The summed E-state index contributed by atoms with van der Waals surface area (Å²) in [7, 11) is 3.15. The van der Waals surface area contributed by atoms with Gasteiger partial charge in [-0.2, -0.15) is 0 Å². The second-order valence-electron chi connectivity index (χ2n) is 8.08. The Kier molecular flexibility index (Phi) is 6.22. The molecule has 4 rings (SSSR count). The molecule has 176 valence electrons. The number of rotatable bonds is 6. The smallest absolute Gasteiger partial charge is 0.325 e. The highest BCUT2D eigenvalue weighted by molar-refractivity contribution is 6.10. The number of fused-ring (bicyclic) bond motifs is 1. The molecule has 2 unspecified atom stereocenters. The Morgan fingerprint density at radius 2 is 1.82 bits per heavy atom. The number of carbonyl (C=O) groups excluding carboxylic acids is 4. The molecule has 2 aliphatic heterocycles. The number of benzene rings is 2. The summed E-state index contributed by atoms with van der Waals surface area (Å²) in [6, 6.07) is 11.9. The predicted octanol–water partition coefficient (Wildman–Crippen LogP) is 1.91. The van der Waals surface area contributed by atoms with Crippen molar-refractivity contribution in [3.05, 3.63) is 65.9 Å². The van der Waals surface area contributed by atoms with Crippen molar-refractivity contribution in [1.29, 1.82) is 0 Å². The third-order valence-corrected chi connectivity index (χ3v) is 5.69. The fourth-order valence-corrected chi connectivity index (χ4v) is 4.13. The van der Waals surface area contributed by atoms with Crippen LogP contribution in [0.2, 0.25) is 0 Å². The average molecular weight is 463 g/mol. The van der Waals surface area contributed by atoms with Crippen LogP contribution in [0.4, 0.5) is 16.2 Å². The van der Waals surface area contributed by atoms with Crippen LogP contribution < -0.4 is 20.7 Å². The van der Waals surface area contributed by atoms with Crippen LogP contribution in [0.3, 0.4) is 0 Å². The van der Waals surface area contributed by atoms with E-state index in [4.69, 9.17) is 4.74 Å². The van der Waals surface area contributed by atoms with Crippen LogP contribution >= 0.6 is 0 Å². The van der Waals surface area contributed by atoms with Crippen molar-refractivity contribution in [1.82, 2.24) is 15.1 Å². The van der Waals surface area contributed by atoms with E-state index in [0.717, 1.165) is 10.5 Å². The molecule has 0 bridgehead atoms. The van der Waals surface area contributed by atoms with Gasteiger partial charge in [-0.3, -0.25) is 19.3 Å². The first kappa shape index (κ1) is 22.8. The maximum atomic E-state index is 13.2. The van der Waals surface area contributed by atoms with Crippen LogP contribution in [-0.4, -0.2) is 59.8 Å². The summed E-state index contributed by atoms with van der Waals surface area (Å²) in [6.07, 6.45) is 1.55. The van der Waals surface area contributed by atoms with E-state index in [2.05, 4.69) is 16.0 Å². The van der Waals surface area contributed by atoms with Crippen LogP contribution in [0.1, 0.15) is 12.5 Å². The van der Waals surface area contributed by atoms with Gasteiger partial charge >= 0.3 is 6.03 Å². The highest BCUT2D eigenvalue weighted by Gasteiger charge is 2.49. The molecule has 10 nitrogen and oxygen atoms in total. The van der Waals surface area contributed by atoms with E-state index in [9.17, 15) is 19.2 Å². The molecule has 2 aliphatic rings. The minimum Gasteiger partial charge on any atom is -0.495 e. The number of methoxy groups -OCH3 is 1. The lowest BCUT2D eigenvalue weighted by Gasteiger charge is -2.37. The van der Waals surface area contributed by atoms with Gasteiger partial charge in [-0.1, -0.05) is 30.3 Å². The standard InChI is InChI=1S/C24H25N5O5/c1-14(30)25-16-9-10-19(34-3)18(11-16)26-22(31)17-13-28(2)21-20(17)27-24(33)29(23(21)32)12-15-7-5-4-6-8-15/h4-11,13,20-21H,12H2,1-3H3,(H,25,30)(H,26,31)(H,27,33). The third kappa shape index (κ3) is 4.42. The number of imide groups is 1. The topological polar surface area (TPSA) is 120 Å². The Balaban J connectivity index is 1.53. The predicted molar refractivity (Wildman–Crippen MR) is 125 cm³/mol. The Labute approximate surface area is 196 Å². The van der Waals surface area contributed by atoms with Crippen molar-refractivity contribution in [2.24, 2.45) is 0 Å². The molecule has 34 heavy (non-hydrogen) atoms. The van der Waals surface area contributed by atoms with Crippen molar-refractivity contribution < 1.29 is 23.9 Å². The third-order valence-electron chi connectivity index (χ3n) is 5.69. The molecule has 0 aromatic heterocycles. The molecular weight excluding hydrogens is 438 g/mol. The van der Waals surface area contributed by atoms with Gasteiger partial charge in [0.1, 0.15) is 11.8 Å². The van der Waals surface area contributed by atoms with E-state index in [1.807, 2.05) is 30.3 Å². The summed E-state index contributed by atoms with van der Waals surface area (Å²) >= 11 is 0. The van der Waals surface area contributed by atoms with Gasteiger partial charge in [0.2, 0.25) is 5.91 Å². The second kappa shape index (κ2) is 9.26. The quantitative estimate of drug-likeness (QED) is 0.602. The molecule has 2 atom stereocenters. The molecule has 2 aromatic rings. The van der Waals surface area contributed by atoms with E-state index >= 15 is 0 Å². The first-order chi connectivity index (χ1) is 16.3. The van der Waals surface area contributed by atoms with Crippen LogP contribution in [-0.2, 0) is 20.9 Å². The molecule has 0 spiro atoms. The highest BCUT2D eigenvalue weighted by Crippen LogP contribution is 2.31. The second-order valence-corrected chi connectivity index (χ2v) is 8.08. The minimum atomic E-state index is -0.804. The van der Waals surface area contributed by atoms with Crippen LogP contribution in [0.5, 0.6) is 5.75 Å². The zero-order valence-corrected chi connectivity index (χ0v) is 19.0. The molecule has 0 saturated carbocycles.